The molecular formula is C12H17N3O2. The number of amides is 1. The summed E-state index contributed by atoms with van der Waals surface area (Å²) in [5.41, 5.74) is 6.43. The van der Waals surface area contributed by atoms with Crippen LogP contribution in [-0.2, 0) is 0 Å². The van der Waals surface area contributed by atoms with Crippen molar-refractivity contribution in [2.45, 2.75) is 18.9 Å². The van der Waals surface area contributed by atoms with Gasteiger partial charge in [0.2, 0.25) is 5.88 Å². The Morgan fingerprint density at radius 1 is 1.53 bits per heavy atom. The summed E-state index contributed by atoms with van der Waals surface area (Å²) < 4.78 is 5.01. The third-order valence-electron chi connectivity index (χ3n) is 3.02. The van der Waals surface area contributed by atoms with Crippen molar-refractivity contribution in [2.24, 2.45) is 5.73 Å². The van der Waals surface area contributed by atoms with Crippen molar-refractivity contribution in [1.82, 2.24) is 9.88 Å². The van der Waals surface area contributed by atoms with Crippen molar-refractivity contribution in [2.75, 3.05) is 20.2 Å². The number of aromatic nitrogens is 1. The SMILES string of the molecule is COc1cc(C(=O)N2CCC(N)CC2)ccn1. The molecular weight excluding hydrogens is 218 g/mol. The first-order chi connectivity index (χ1) is 8.20. The van der Waals surface area contributed by atoms with Crippen LogP contribution in [0.25, 0.3) is 0 Å². The minimum Gasteiger partial charge on any atom is -0.481 e. The molecule has 1 amide bonds. The quantitative estimate of drug-likeness (QED) is 0.817. The fourth-order valence-corrected chi connectivity index (χ4v) is 1.94. The minimum absolute atomic E-state index is 0.0256. The van der Waals surface area contributed by atoms with Crippen molar-refractivity contribution >= 4 is 5.91 Å². The number of pyridine rings is 1. The third-order valence-corrected chi connectivity index (χ3v) is 3.02. The predicted molar refractivity (Wildman–Crippen MR) is 63.9 cm³/mol. The van der Waals surface area contributed by atoms with E-state index in [2.05, 4.69) is 4.98 Å². The van der Waals surface area contributed by atoms with Crippen LogP contribution in [-0.4, -0.2) is 42.0 Å². The Hall–Kier alpha value is -1.62. The van der Waals surface area contributed by atoms with Gasteiger partial charge in [0.05, 0.1) is 7.11 Å². The molecule has 1 fully saturated rings. The highest BCUT2D eigenvalue weighted by molar-refractivity contribution is 5.94. The van der Waals surface area contributed by atoms with Gasteiger partial charge in [0.25, 0.3) is 5.91 Å². The summed E-state index contributed by atoms with van der Waals surface area (Å²) in [6.07, 6.45) is 3.32. The third kappa shape index (κ3) is 2.74. The number of likely N-dealkylation sites (tertiary alicyclic amines) is 1. The van der Waals surface area contributed by atoms with E-state index in [1.807, 2.05) is 4.90 Å². The zero-order valence-corrected chi connectivity index (χ0v) is 9.93. The van der Waals surface area contributed by atoms with Gasteiger partial charge in [-0.2, -0.15) is 0 Å². The summed E-state index contributed by atoms with van der Waals surface area (Å²) in [5.74, 6) is 0.488. The van der Waals surface area contributed by atoms with Crippen LogP contribution in [0.1, 0.15) is 23.2 Å². The lowest BCUT2D eigenvalue weighted by atomic mass is 10.1. The van der Waals surface area contributed by atoms with Gasteiger partial charge in [-0.05, 0) is 18.9 Å². The fourth-order valence-electron chi connectivity index (χ4n) is 1.94. The molecule has 92 valence electrons. The van der Waals surface area contributed by atoms with E-state index in [9.17, 15) is 4.79 Å². The molecule has 2 heterocycles. The summed E-state index contributed by atoms with van der Waals surface area (Å²) in [6.45, 7) is 1.45. The van der Waals surface area contributed by atoms with Gasteiger partial charge < -0.3 is 15.4 Å². The maximum atomic E-state index is 12.2. The minimum atomic E-state index is 0.0256. The number of methoxy groups -OCH3 is 1. The Morgan fingerprint density at radius 2 is 2.24 bits per heavy atom. The number of carbonyl (C=O) groups is 1. The Balaban J connectivity index is 2.08. The molecule has 0 aromatic carbocycles. The van der Waals surface area contributed by atoms with E-state index in [1.165, 1.54) is 7.11 Å². The Labute approximate surface area is 101 Å². The molecule has 1 aliphatic rings. The van der Waals surface area contributed by atoms with Gasteiger partial charge in [-0.15, -0.1) is 0 Å². The van der Waals surface area contributed by atoms with Crippen molar-refractivity contribution in [3.8, 4) is 5.88 Å². The average Bonchev–Trinajstić information content (AvgIpc) is 2.39. The second-order valence-corrected chi connectivity index (χ2v) is 4.22. The van der Waals surface area contributed by atoms with Crippen LogP contribution in [0.2, 0.25) is 0 Å². The van der Waals surface area contributed by atoms with E-state index >= 15 is 0 Å². The molecule has 5 nitrogen and oxygen atoms in total. The molecule has 5 heteroatoms. The summed E-state index contributed by atoms with van der Waals surface area (Å²) in [4.78, 5) is 18.0. The molecule has 0 spiro atoms. The number of nitrogens with two attached hydrogens (primary N) is 1. The number of piperidine rings is 1. The normalized spacial score (nSPS) is 16.9. The van der Waals surface area contributed by atoms with Gasteiger partial charge in [-0.25, -0.2) is 4.98 Å². The average molecular weight is 235 g/mol. The second kappa shape index (κ2) is 5.14. The Bertz CT molecular complexity index is 400. The molecule has 0 saturated carbocycles. The molecule has 1 aromatic rings. The van der Waals surface area contributed by atoms with Crippen LogP contribution in [0.15, 0.2) is 18.3 Å². The largest absolute Gasteiger partial charge is 0.481 e. The lowest BCUT2D eigenvalue weighted by molar-refractivity contribution is 0.0714. The van der Waals surface area contributed by atoms with Crippen LogP contribution in [0, 0.1) is 0 Å². The molecule has 0 unspecified atom stereocenters. The van der Waals surface area contributed by atoms with Gasteiger partial charge in [0.15, 0.2) is 0 Å². The number of hydrogen-bond donors (Lipinski definition) is 1. The number of hydrogen-bond acceptors (Lipinski definition) is 4. The van der Waals surface area contributed by atoms with Gasteiger partial charge in [-0.1, -0.05) is 0 Å². The molecule has 0 radical (unpaired) electrons. The summed E-state index contributed by atoms with van der Waals surface area (Å²) in [7, 11) is 1.54. The predicted octanol–water partition coefficient (Wildman–Crippen LogP) is 0.653. The number of carbonyl (C=O) groups excluding carboxylic acids is 1. The zero-order chi connectivity index (χ0) is 12.3. The summed E-state index contributed by atoms with van der Waals surface area (Å²) in [5, 5.41) is 0. The first-order valence-electron chi connectivity index (χ1n) is 5.75. The molecule has 17 heavy (non-hydrogen) atoms. The molecule has 0 atom stereocenters. The van der Waals surface area contributed by atoms with Crippen molar-refractivity contribution in [3.63, 3.8) is 0 Å². The fraction of sp³-hybridized carbons (Fsp3) is 0.500. The van der Waals surface area contributed by atoms with Crippen molar-refractivity contribution in [3.05, 3.63) is 23.9 Å². The Morgan fingerprint density at radius 3 is 2.88 bits per heavy atom. The Kier molecular flexibility index (Phi) is 3.58. The first kappa shape index (κ1) is 11.9. The first-order valence-corrected chi connectivity index (χ1v) is 5.75. The highest BCUT2D eigenvalue weighted by Gasteiger charge is 2.21. The maximum absolute atomic E-state index is 12.2. The van der Waals surface area contributed by atoms with E-state index in [0.717, 1.165) is 25.9 Å². The van der Waals surface area contributed by atoms with Gasteiger partial charge >= 0.3 is 0 Å². The van der Waals surface area contributed by atoms with Crippen molar-refractivity contribution in [1.29, 1.82) is 0 Å². The molecule has 1 aromatic heterocycles. The zero-order valence-electron chi connectivity index (χ0n) is 9.93. The molecule has 1 saturated heterocycles. The summed E-state index contributed by atoms with van der Waals surface area (Å²) in [6, 6.07) is 3.60. The number of nitrogens with zero attached hydrogens (tertiary/aromatic N) is 2. The van der Waals surface area contributed by atoms with Crippen LogP contribution >= 0.6 is 0 Å². The lowest BCUT2D eigenvalue weighted by Crippen LogP contribution is -2.42. The second-order valence-electron chi connectivity index (χ2n) is 4.22. The van der Waals surface area contributed by atoms with Gasteiger partial charge in [0.1, 0.15) is 0 Å². The summed E-state index contributed by atoms with van der Waals surface area (Å²) >= 11 is 0. The van der Waals surface area contributed by atoms with Crippen LogP contribution in [0.3, 0.4) is 0 Å². The van der Waals surface area contributed by atoms with Crippen LogP contribution in [0.4, 0.5) is 0 Å². The van der Waals surface area contributed by atoms with E-state index in [1.54, 1.807) is 18.3 Å². The topological polar surface area (TPSA) is 68.5 Å². The van der Waals surface area contributed by atoms with E-state index in [-0.39, 0.29) is 11.9 Å². The molecule has 0 aliphatic carbocycles. The van der Waals surface area contributed by atoms with Gasteiger partial charge in [-0.3, -0.25) is 4.79 Å². The molecule has 2 N–H and O–H groups in total. The van der Waals surface area contributed by atoms with E-state index in [4.69, 9.17) is 10.5 Å². The number of rotatable bonds is 2. The smallest absolute Gasteiger partial charge is 0.254 e. The molecule has 2 rings (SSSR count). The highest BCUT2D eigenvalue weighted by Crippen LogP contribution is 2.15. The molecule has 0 bridgehead atoms. The lowest BCUT2D eigenvalue weighted by Gasteiger charge is -2.30. The van der Waals surface area contributed by atoms with Crippen molar-refractivity contribution < 1.29 is 9.53 Å². The standard InChI is InChI=1S/C12H17N3O2/c1-17-11-8-9(2-5-14-11)12(16)15-6-3-10(13)4-7-15/h2,5,8,10H,3-4,6-7,13H2,1H3. The van der Waals surface area contributed by atoms with Gasteiger partial charge in [0, 0.05) is 37.0 Å². The highest BCUT2D eigenvalue weighted by atomic mass is 16.5. The monoisotopic (exact) mass is 235 g/mol. The number of ether oxygens (including phenoxy) is 1. The van der Waals surface area contributed by atoms with Crippen LogP contribution < -0.4 is 10.5 Å². The maximum Gasteiger partial charge on any atom is 0.254 e. The van der Waals surface area contributed by atoms with E-state index in [0.29, 0.717) is 11.4 Å². The van der Waals surface area contributed by atoms with E-state index < -0.39 is 0 Å². The molecule has 1 aliphatic heterocycles. The van der Waals surface area contributed by atoms with Crippen LogP contribution in [0.5, 0.6) is 5.88 Å².